The molecule has 0 amide bonds. The molecule has 0 saturated carbocycles. The van der Waals surface area contributed by atoms with Gasteiger partial charge >= 0.3 is 0 Å². The minimum Gasteiger partial charge on any atom is -0.147 e. The SMILES string of the molecule is Cl.Cl.[Zr].c1ccc2c(c1)Cc1c(CCCc3cccc4c3Cc3ccccc3-4)cccc1-2. The van der Waals surface area contributed by atoms with Crippen LogP contribution in [0.4, 0.5) is 0 Å². The van der Waals surface area contributed by atoms with E-state index in [0.717, 1.165) is 25.7 Å². The summed E-state index contributed by atoms with van der Waals surface area (Å²) in [6.07, 6.45) is 5.72. The van der Waals surface area contributed by atoms with Crippen LogP contribution < -0.4 is 0 Å². The van der Waals surface area contributed by atoms with Crippen molar-refractivity contribution in [1.29, 1.82) is 0 Å². The molecular weight excluding hydrogens is 510 g/mol. The Bertz CT molecular complexity index is 1150. The first kappa shape index (κ1) is 25.0. The number of halogens is 2. The molecule has 0 aliphatic heterocycles. The second-order valence-corrected chi connectivity index (χ2v) is 8.41. The molecule has 4 aromatic carbocycles. The summed E-state index contributed by atoms with van der Waals surface area (Å²) in [6, 6.07) is 31.5. The van der Waals surface area contributed by atoms with Gasteiger partial charge in [-0.2, -0.15) is 0 Å². The summed E-state index contributed by atoms with van der Waals surface area (Å²) >= 11 is 0. The first-order chi connectivity index (χ1) is 14.4. The van der Waals surface area contributed by atoms with E-state index in [1.807, 2.05) is 0 Å². The first-order valence-electron chi connectivity index (χ1n) is 10.8. The zero-order valence-electron chi connectivity index (χ0n) is 17.9. The maximum absolute atomic E-state index is 2.34. The Kier molecular flexibility index (Phi) is 8.21. The van der Waals surface area contributed by atoms with Crippen molar-refractivity contribution >= 4 is 24.8 Å². The summed E-state index contributed by atoms with van der Waals surface area (Å²) < 4.78 is 0. The van der Waals surface area contributed by atoms with Gasteiger partial charge in [-0.05, 0) is 87.7 Å². The molecular formula is C29H26Cl2Zr. The Hall–Kier alpha value is -1.66. The van der Waals surface area contributed by atoms with Gasteiger partial charge in [-0.1, -0.05) is 84.9 Å². The van der Waals surface area contributed by atoms with E-state index in [9.17, 15) is 0 Å². The Labute approximate surface area is 222 Å². The molecule has 0 nitrogen and oxygen atoms in total. The van der Waals surface area contributed by atoms with Crippen molar-refractivity contribution in [3.8, 4) is 22.3 Å². The molecule has 160 valence electrons. The fourth-order valence-electron chi connectivity index (χ4n) is 5.38. The van der Waals surface area contributed by atoms with E-state index >= 15 is 0 Å². The predicted molar refractivity (Wildman–Crippen MR) is 136 cm³/mol. The quantitative estimate of drug-likeness (QED) is 0.215. The second-order valence-electron chi connectivity index (χ2n) is 8.41. The summed E-state index contributed by atoms with van der Waals surface area (Å²) in [6.45, 7) is 0. The van der Waals surface area contributed by atoms with Crippen LogP contribution in [0, 0.1) is 0 Å². The normalized spacial score (nSPS) is 11.8. The minimum absolute atomic E-state index is 0. The van der Waals surface area contributed by atoms with Gasteiger partial charge in [0.1, 0.15) is 0 Å². The van der Waals surface area contributed by atoms with Crippen LogP contribution in [-0.4, -0.2) is 0 Å². The number of aryl methyl sites for hydroxylation is 2. The number of fused-ring (bicyclic) bond motifs is 6. The third-order valence-corrected chi connectivity index (χ3v) is 6.79. The molecule has 0 spiro atoms. The van der Waals surface area contributed by atoms with Crippen LogP contribution in [-0.2, 0) is 51.9 Å². The van der Waals surface area contributed by atoms with E-state index in [0.29, 0.717) is 0 Å². The minimum atomic E-state index is 0. The summed E-state index contributed by atoms with van der Waals surface area (Å²) in [4.78, 5) is 0. The molecule has 4 aromatic rings. The van der Waals surface area contributed by atoms with Crippen molar-refractivity contribution in [3.05, 3.63) is 118 Å². The van der Waals surface area contributed by atoms with Gasteiger partial charge < -0.3 is 0 Å². The molecule has 2 aliphatic carbocycles. The molecule has 0 unspecified atom stereocenters. The van der Waals surface area contributed by atoms with Crippen LogP contribution in [0.15, 0.2) is 84.9 Å². The molecule has 0 N–H and O–H groups in total. The van der Waals surface area contributed by atoms with Crippen molar-refractivity contribution in [2.24, 2.45) is 0 Å². The third kappa shape index (κ3) is 4.28. The maximum Gasteiger partial charge on any atom is 0 e. The molecule has 0 bridgehead atoms. The van der Waals surface area contributed by atoms with E-state index in [1.54, 1.807) is 11.1 Å². The topological polar surface area (TPSA) is 0 Å². The fourth-order valence-corrected chi connectivity index (χ4v) is 5.38. The zero-order valence-corrected chi connectivity index (χ0v) is 22.0. The van der Waals surface area contributed by atoms with Gasteiger partial charge in [-0.15, -0.1) is 24.8 Å². The van der Waals surface area contributed by atoms with Gasteiger partial charge in [0.15, 0.2) is 0 Å². The van der Waals surface area contributed by atoms with E-state index in [-0.39, 0.29) is 51.0 Å². The summed E-state index contributed by atoms with van der Waals surface area (Å²) in [5.41, 5.74) is 14.9. The number of rotatable bonds is 4. The smallest absolute Gasteiger partial charge is 0 e. The van der Waals surface area contributed by atoms with Gasteiger partial charge in [0, 0.05) is 26.2 Å². The monoisotopic (exact) mass is 534 g/mol. The molecule has 0 saturated heterocycles. The van der Waals surface area contributed by atoms with Gasteiger partial charge in [0.2, 0.25) is 0 Å². The van der Waals surface area contributed by atoms with Crippen molar-refractivity contribution in [3.63, 3.8) is 0 Å². The Morgan fingerprint density at radius 3 is 1.34 bits per heavy atom. The standard InChI is InChI=1S/C29H24.2ClH.Zr/c1-3-14-24-22(8-1)18-28-20(12-6-16-26(24)28)10-5-11-21-13-7-17-27-25-15-4-2-9-23(25)19-29(21)27;;;/h1-4,6-9,12-17H,5,10-11,18-19H2;2*1H;. The third-order valence-electron chi connectivity index (χ3n) is 6.79. The first-order valence-corrected chi connectivity index (χ1v) is 10.8. The number of hydrogen-bond donors (Lipinski definition) is 0. The molecule has 0 fully saturated rings. The van der Waals surface area contributed by atoms with E-state index < -0.39 is 0 Å². The second kappa shape index (κ2) is 10.5. The van der Waals surface area contributed by atoms with Crippen LogP contribution in [0.2, 0.25) is 0 Å². The largest absolute Gasteiger partial charge is 0.147 e. The molecule has 0 radical (unpaired) electrons. The van der Waals surface area contributed by atoms with Crippen LogP contribution >= 0.6 is 24.8 Å². The molecule has 0 heterocycles. The predicted octanol–water partition coefficient (Wildman–Crippen LogP) is 7.85. The summed E-state index contributed by atoms with van der Waals surface area (Å²) in [5.74, 6) is 0. The van der Waals surface area contributed by atoms with Gasteiger partial charge in [0.25, 0.3) is 0 Å². The van der Waals surface area contributed by atoms with Gasteiger partial charge in [-0.25, -0.2) is 0 Å². The van der Waals surface area contributed by atoms with Crippen molar-refractivity contribution < 1.29 is 26.2 Å². The summed E-state index contributed by atoms with van der Waals surface area (Å²) in [5, 5.41) is 0. The van der Waals surface area contributed by atoms with Crippen LogP contribution in [0.3, 0.4) is 0 Å². The molecule has 0 aromatic heterocycles. The number of hydrogen-bond acceptors (Lipinski definition) is 0. The fraction of sp³-hybridized carbons (Fsp3) is 0.172. The summed E-state index contributed by atoms with van der Waals surface area (Å²) in [7, 11) is 0. The average Bonchev–Trinajstić information content (AvgIpc) is 3.33. The molecule has 0 atom stereocenters. The average molecular weight is 537 g/mol. The Morgan fingerprint density at radius 2 is 0.875 bits per heavy atom. The van der Waals surface area contributed by atoms with Gasteiger partial charge in [-0.3, -0.25) is 0 Å². The van der Waals surface area contributed by atoms with E-state index in [1.165, 1.54) is 50.9 Å². The molecule has 32 heavy (non-hydrogen) atoms. The van der Waals surface area contributed by atoms with E-state index in [2.05, 4.69) is 84.9 Å². The number of benzene rings is 4. The molecule has 2 aliphatic rings. The van der Waals surface area contributed by atoms with Crippen LogP contribution in [0.25, 0.3) is 22.3 Å². The van der Waals surface area contributed by atoms with E-state index in [4.69, 9.17) is 0 Å². The maximum atomic E-state index is 2.34. The van der Waals surface area contributed by atoms with Crippen LogP contribution in [0.5, 0.6) is 0 Å². The van der Waals surface area contributed by atoms with Gasteiger partial charge in [0.05, 0.1) is 0 Å². The molecule has 3 heteroatoms. The van der Waals surface area contributed by atoms with Crippen molar-refractivity contribution in [1.82, 2.24) is 0 Å². The zero-order chi connectivity index (χ0) is 19.2. The van der Waals surface area contributed by atoms with Crippen LogP contribution in [0.1, 0.15) is 39.8 Å². The Morgan fingerprint density at radius 1 is 0.469 bits per heavy atom. The van der Waals surface area contributed by atoms with Crippen molar-refractivity contribution in [2.45, 2.75) is 32.1 Å². The van der Waals surface area contributed by atoms with Crippen molar-refractivity contribution in [2.75, 3.05) is 0 Å². The Balaban J connectivity index is 0.000000963. The molecule has 6 rings (SSSR count).